The summed E-state index contributed by atoms with van der Waals surface area (Å²) in [7, 11) is 1.59. The highest BCUT2D eigenvalue weighted by Crippen LogP contribution is 2.31. The normalized spacial score (nSPS) is 12.0. The minimum Gasteiger partial charge on any atom is -0.493 e. The van der Waals surface area contributed by atoms with Crippen LogP contribution in [0.3, 0.4) is 0 Å². The SMILES string of the molecule is COc1cc([C@H](C)NC(=O)Cn2cnnn2)ccc1OC(C)C. The molecule has 124 valence electrons. The largest absolute Gasteiger partial charge is 0.493 e. The van der Waals surface area contributed by atoms with Gasteiger partial charge >= 0.3 is 0 Å². The van der Waals surface area contributed by atoms with Crippen molar-refractivity contribution >= 4 is 5.91 Å². The molecule has 0 aliphatic carbocycles. The number of nitrogens with zero attached hydrogens (tertiary/aromatic N) is 4. The van der Waals surface area contributed by atoms with E-state index in [1.165, 1.54) is 11.0 Å². The lowest BCUT2D eigenvalue weighted by atomic mass is 10.1. The number of carbonyl (C=O) groups excluding carboxylic acids is 1. The number of aromatic nitrogens is 4. The summed E-state index contributed by atoms with van der Waals surface area (Å²) in [5.41, 5.74) is 0.919. The van der Waals surface area contributed by atoms with Crippen molar-refractivity contribution in [2.75, 3.05) is 7.11 Å². The number of carbonyl (C=O) groups is 1. The maximum absolute atomic E-state index is 12.0. The van der Waals surface area contributed by atoms with E-state index in [1.807, 2.05) is 39.0 Å². The van der Waals surface area contributed by atoms with E-state index in [-0.39, 0.29) is 24.6 Å². The van der Waals surface area contributed by atoms with E-state index in [0.29, 0.717) is 11.5 Å². The number of ether oxygens (including phenoxy) is 2. The Labute approximate surface area is 134 Å². The Hall–Kier alpha value is -2.64. The summed E-state index contributed by atoms with van der Waals surface area (Å²) in [6.07, 6.45) is 1.45. The summed E-state index contributed by atoms with van der Waals surface area (Å²) in [5.74, 6) is 1.14. The summed E-state index contributed by atoms with van der Waals surface area (Å²) < 4.78 is 12.4. The van der Waals surface area contributed by atoms with Gasteiger partial charge in [-0.1, -0.05) is 6.07 Å². The topological polar surface area (TPSA) is 91.2 Å². The summed E-state index contributed by atoms with van der Waals surface area (Å²) in [5, 5.41) is 13.5. The number of hydrogen-bond acceptors (Lipinski definition) is 6. The van der Waals surface area contributed by atoms with Gasteiger partial charge in [-0.05, 0) is 48.9 Å². The second kappa shape index (κ2) is 7.57. The maximum Gasteiger partial charge on any atom is 0.242 e. The molecule has 0 radical (unpaired) electrons. The molecule has 2 rings (SSSR count). The average Bonchev–Trinajstić information content (AvgIpc) is 2.99. The molecule has 0 saturated heterocycles. The average molecular weight is 319 g/mol. The molecule has 1 aromatic carbocycles. The lowest BCUT2D eigenvalue weighted by molar-refractivity contribution is -0.122. The zero-order chi connectivity index (χ0) is 16.8. The first-order valence-electron chi connectivity index (χ1n) is 7.34. The van der Waals surface area contributed by atoms with Crippen LogP contribution in [0.2, 0.25) is 0 Å². The standard InChI is InChI=1S/C15H21N5O3/c1-10(2)23-13-6-5-12(7-14(13)22-4)11(3)17-15(21)8-20-9-16-18-19-20/h5-7,9-11H,8H2,1-4H3,(H,17,21)/t11-/m0/s1. The molecule has 1 heterocycles. The van der Waals surface area contributed by atoms with Crippen molar-refractivity contribution < 1.29 is 14.3 Å². The quantitative estimate of drug-likeness (QED) is 0.828. The zero-order valence-corrected chi connectivity index (χ0v) is 13.7. The van der Waals surface area contributed by atoms with Crippen LogP contribution in [0, 0.1) is 0 Å². The van der Waals surface area contributed by atoms with E-state index in [4.69, 9.17) is 9.47 Å². The summed E-state index contributed by atoms with van der Waals surface area (Å²) >= 11 is 0. The van der Waals surface area contributed by atoms with E-state index >= 15 is 0 Å². The molecule has 1 atom stereocenters. The zero-order valence-electron chi connectivity index (χ0n) is 13.7. The molecule has 23 heavy (non-hydrogen) atoms. The van der Waals surface area contributed by atoms with Crippen LogP contribution in [0.25, 0.3) is 0 Å². The van der Waals surface area contributed by atoms with E-state index in [1.54, 1.807) is 7.11 Å². The minimum atomic E-state index is -0.180. The molecule has 8 heteroatoms. The van der Waals surface area contributed by atoms with E-state index in [0.717, 1.165) is 5.56 Å². The van der Waals surface area contributed by atoms with Gasteiger partial charge in [0.2, 0.25) is 5.91 Å². The van der Waals surface area contributed by atoms with Crippen LogP contribution in [0.5, 0.6) is 11.5 Å². The monoisotopic (exact) mass is 319 g/mol. The Bertz CT molecular complexity index is 643. The molecule has 0 aliphatic heterocycles. The van der Waals surface area contributed by atoms with Gasteiger partial charge < -0.3 is 14.8 Å². The van der Waals surface area contributed by atoms with Gasteiger partial charge in [0.25, 0.3) is 0 Å². The van der Waals surface area contributed by atoms with Crippen molar-refractivity contribution in [1.82, 2.24) is 25.5 Å². The number of amides is 1. The van der Waals surface area contributed by atoms with Crippen LogP contribution in [0.15, 0.2) is 24.5 Å². The highest BCUT2D eigenvalue weighted by atomic mass is 16.5. The van der Waals surface area contributed by atoms with Crippen LogP contribution >= 0.6 is 0 Å². The Kier molecular flexibility index (Phi) is 5.51. The Morgan fingerprint density at radius 1 is 1.30 bits per heavy atom. The number of nitrogens with one attached hydrogen (secondary N) is 1. The molecule has 8 nitrogen and oxygen atoms in total. The van der Waals surface area contributed by atoms with Gasteiger partial charge in [-0.25, -0.2) is 4.68 Å². The Morgan fingerprint density at radius 2 is 2.09 bits per heavy atom. The molecule has 1 amide bonds. The van der Waals surface area contributed by atoms with Crippen molar-refractivity contribution in [2.45, 2.75) is 39.5 Å². The molecule has 1 aromatic heterocycles. The van der Waals surface area contributed by atoms with Crippen LogP contribution in [-0.2, 0) is 11.3 Å². The van der Waals surface area contributed by atoms with E-state index in [2.05, 4.69) is 20.8 Å². The third-order valence-electron chi connectivity index (χ3n) is 3.12. The summed E-state index contributed by atoms with van der Waals surface area (Å²) in [4.78, 5) is 12.0. The first-order chi connectivity index (χ1) is 11.0. The fraction of sp³-hybridized carbons (Fsp3) is 0.467. The molecule has 0 fully saturated rings. The van der Waals surface area contributed by atoms with Crippen molar-refractivity contribution in [3.63, 3.8) is 0 Å². The van der Waals surface area contributed by atoms with Gasteiger partial charge in [-0.3, -0.25) is 4.79 Å². The third-order valence-corrected chi connectivity index (χ3v) is 3.12. The fourth-order valence-electron chi connectivity index (χ4n) is 2.08. The number of tetrazole rings is 1. The Morgan fingerprint density at radius 3 is 2.70 bits per heavy atom. The molecular formula is C15H21N5O3. The van der Waals surface area contributed by atoms with Gasteiger partial charge in [0.05, 0.1) is 19.3 Å². The predicted molar refractivity (Wildman–Crippen MR) is 83.1 cm³/mol. The number of benzene rings is 1. The Balaban J connectivity index is 2.03. The van der Waals surface area contributed by atoms with Crippen LogP contribution in [0.1, 0.15) is 32.4 Å². The second-order valence-corrected chi connectivity index (χ2v) is 5.37. The molecular weight excluding hydrogens is 298 g/mol. The van der Waals surface area contributed by atoms with Crippen molar-refractivity contribution in [2.24, 2.45) is 0 Å². The highest BCUT2D eigenvalue weighted by molar-refractivity contribution is 5.76. The highest BCUT2D eigenvalue weighted by Gasteiger charge is 2.14. The van der Waals surface area contributed by atoms with Crippen molar-refractivity contribution in [1.29, 1.82) is 0 Å². The van der Waals surface area contributed by atoms with Crippen LogP contribution < -0.4 is 14.8 Å². The molecule has 2 aromatic rings. The summed E-state index contributed by atoms with van der Waals surface area (Å²) in [6, 6.07) is 5.43. The third kappa shape index (κ3) is 4.67. The van der Waals surface area contributed by atoms with Gasteiger partial charge in [0.15, 0.2) is 11.5 Å². The van der Waals surface area contributed by atoms with Gasteiger partial charge in [-0.2, -0.15) is 0 Å². The van der Waals surface area contributed by atoms with Crippen molar-refractivity contribution in [3.8, 4) is 11.5 Å². The molecule has 0 unspecified atom stereocenters. The predicted octanol–water partition coefficient (Wildman–Crippen LogP) is 1.35. The first kappa shape index (κ1) is 16.7. The van der Waals surface area contributed by atoms with E-state index < -0.39 is 0 Å². The molecule has 1 N–H and O–H groups in total. The maximum atomic E-state index is 12.0. The molecule has 0 bridgehead atoms. The van der Waals surface area contributed by atoms with E-state index in [9.17, 15) is 4.79 Å². The lowest BCUT2D eigenvalue weighted by Gasteiger charge is -2.18. The number of methoxy groups -OCH3 is 1. The fourth-order valence-corrected chi connectivity index (χ4v) is 2.08. The molecule has 0 spiro atoms. The number of rotatable bonds is 7. The van der Waals surface area contributed by atoms with Crippen LogP contribution in [0.4, 0.5) is 0 Å². The van der Waals surface area contributed by atoms with Crippen molar-refractivity contribution in [3.05, 3.63) is 30.1 Å². The molecule has 0 saturated carbocycles. The van der Waals surface area contributed by atoms with Gasteiger partial charge in [-0.15, -0.1) is 5.10 Å². The van der Waals surface area contributed by atoms with Gasteiger partial charge in [0, 0.05) is 0 Å². The second-order valence-electron chi connectivity index (χ2n) is 5.37. The van der Waals surface area contributed by atoms with Gasteiger partial charge in [0.1, 0.15) is 12.9 Å². The lowest BCUT2D eigenvalue weighted by Crippen LogP contribution is -2.30. The summed E-state index contributed by atoms with van der Waals surface area (Å²) in [6.45, 7) is 5.88. The smallest absolute Gasteiger partial charge is 0.242 e. The molecule has 0 aliphatic rings. The van der Waals surface area contributed by atoms with Crippen LogP contribution in [-0.4, -0.2) is 39.3 Å². The minimum absolute atomic E-state index is 0.0585. The first-order valence-corrected chi connectivity index (χ1v) is 7.34. The number of hydrogen-bond donors (Lipinski definition) is 1.